The van der Waals surface area contributed by atoms with E-state index in [1.807, 2.05) is 0 Å². The molecule has 0 aromatic rings. The summed E-state index contributed by atoms with van der Waals surface area (Å²) in [5.74, 6) is -0.358. The Bertz CT molecular complexity index is 196. The van der Waals surface area contributed by atoms with Crippen LogP contribution in [0.2, 0.25) is 0 Å². The van der Waals surface area contributed by atoms with Crippen LogP contribution in [0.4, 0.5) is 4.39 Å². The van der Waals surface area contributed by atoms with E-state index < -0.39 is 6.67 Å². The van der Waals surface area contributed by atoms with Crippen molar-refractivity contribution < 1.29 is 14.0 Å². The summed E-state index contributed by atoms with van der Waals surface area (Å²) in [6, 6.07) is 0. The molecule has 1 aliphatic heterocycles. The number of hydrogen-bond donors (Lipinski definition) is 1. The lowest BCUT2D eigenvalue weighted by Crippen LogP contribution is -2.36. The number of carbonyl (C=O) groups is 2. The van der Waals surface area contributed by atoms with Gasteiger partial charge in [0.25, 0.3) is 0 Å². The molecule has 1 heterocycles. The van der Waals surface area contributed by atoms with Gasteiger partial charge in [-0.05, 0) is 0 Å². The third-order valence-corrected chi connectivity index (χ3v) is 1.75. The van der Waals surface area contributed by atoms with Crippen LogP contribution < -0.4 is 5.32 Å². The molecular weight excluding hydrogens is 163 g/mol. The lowest BCUT2D eigenvalue weighted by molar-refractivity contribution is -0.130. The number of carbonyl (C=O) groups excluding carboxylic acids is 2. The van der Waals surface area contributed by atoms with Gasteiger partial charge < -0.3 is 10.2 Å². The van der Waals surface area contributed by atoms with Gasteiger partial charge >= 0.3 is 0 Å². The minimum atomic E-state index is -0.556. The molecule has 0 aliphatic carbocycles. The molecule has 68 valence electrons. The summed E-state index contributed by atoms with van der Waals surface area (Å²) < 4.78 is 11.9. The standard InChI is InChI=1S/C7H11FN2O2/c8-2-4-10-3-1-6(11)9-5-7(10)12/h1-5H2,(H,9,11). The van der Waals surface area contributed by atoms with Crippen molar-refractivity contribution in [3.63, 3.8) is 0 Å². The molecule has 4 nitrogen and oxygen atoms in total. The highest BCUT2D eigenvalue weighted by molar-refractivity contribution is 5.87. The fourth-order valence-electron chi connectivity index (χ4n) is 1.07. The Morgan fingerprint density at radius 1 is 1.50 bits per heavy atom. The molecule has 0 aromatic carbocycles. The van der Waals surface area contributed by atoms with Gasteiger partial charge in [0, 0.05) is 19.5 Å². The first-order valence-electron chi connectivity index (χ1n) is 3.84. The van der Waals surface area contributed by atoms with Gasteiger partial charge in [0.2, 0.25) is 11.8 Å². The molecule has 1 aliphatic rings. The molecule has 2 amide bonds. The van der Waals surface area contributed by atoms with Crippen LogP contribution in [0.1, 0.15) is 6.42 Å². The van der Waals surface area contributed by atoms with Crippen LogP contribution in [0.15, 0.2) is 0 Å². The number of rotatable bonds is 2. The number of halogens is 1. The van der Waals surface area contributed by atoms with Gasteiger partial charge in [-0.15, -0.1) is 0 Å². The summed E-state index contributed by atoms with van der Waals surface area (Å²) in [5.41, 5.74) is 0. The smallest absolute Gasteiger partial charge is 0.242 e. The quantitative estimate of drug-likeness (QED) is 0.602. The molecule has 0 aromatic heterocycles. The predicted octanol–water partition coefficient (Wildman–Crippen LogP) is -0.696. The van der Waals surface area contributed by atoms with Crippen LogP contribution in [-0.2, 0) is 9.59 Å². The third-order valence-electron chi connectivity index (χ3n) is 1.75. The Balaban J connectivity index is 2.50. The van der Waals surface area contributed by atoms with E-state index in [9.17, 15) is 14.0 Å². The van der Waals surface area contributed by atoms with Gasteiger partial charge in [-0.2, -0.15) is 0 Å². The van der Waals surface area contributed by atoms with Gasteiger partial charge in [-0.25, -0.2) is 4.39 Å². The van der Waals surface area contributed by atoms with Crippen LogP contribution in [0.5, 0.6) is 0 Å². The Morgan fingerprint density at radius 3 is 2.92 bits per heavy atom. The van der Waals surface area contributed by atoms with E-state index >= 15 is 0 Å². The first-order valence-corrected chi connectivity index (χ1v) is 3.84. The number of nitrogens with zero attached hydrogens (tertiary/aromatic N) is 1. The molecule has 1 rings (SSSR count). The lowest BCUT2D eigenvalue weighted by atomic mass is 10.4. The average Bonchev–Trinajstić information content (AvgIpc) is 2.20. The van der Waals surface area contributed by atoms with Crippen LogP contribution in [-0.4, -0.2) is 43.0 Å². The second-order valence-electron chi connectivity index (χ2n) is 2.60. The van der Waals surface area contributed by atoms with E-state index in [-0.39, 0.29) is 31.3 Å². The molecule has 0 spiro atoms. The number of alkyl halides is 1. The Labute approximate surface area is 69.7 Å². The summed E-state index contributed by atoms with van der Waals surface area (Å²) >= 11 is 0. The molecule has 5 heteroatoms. The summed E-state index contributed by atoms with van der Waals surface area (Å²) in [6.07, 6.45) is 0.270. The predicted molar refractivity (Wildman–Crippen MR) is 40.2 cm³/mol. The molecule has 0 saturated carbocycles. The van der Waals surface area contributed by atoms with E-state index in [0.717, 1.165) is 0 Å². The van der Waals surface area contributed by atoms with Crippen molar-refractivity contribution in [1.82, 2.24) is 10.2 Å². The van der Waals surface area contributed by atoms with Crippen molar-refractivity contribution in [3.8, 4) is 0 Å². The summed E-state index contributed by atoms with van der Waals surface area (Å²) in [6.45, 7) is -0.138. The molecule has 0 atom stereocenters. The maximum atomic E-state index is 11.9. The molecular formula is C7H11FN2O2. The minimum Gasteiger partial charge on any atom is -0.347 e. The van der Waals surface area contributed by atoms with Crippen molar-refractivity contribution >= 4 is 11.8 Å². The molecule has 0 bridgehead atoms. The van der Waals surface area contributed by atoms with Crippen molar-refractivity contribution in [2.24, 2.45) is 0 Å². The van der Waals surface area contributed by atoms with Gasteiger partial charge in [0.1, 0.15) is 6.67 Å². The molecule has 1 N–H and O–H groups in total. The second-order valence-corrected chi connectivity index (χ2v) is 2.60. The fraction of sp³-hybridized carbons (Fsp3) is 0.714. The Kier molecular flexibility index (Phi) is 3.01. The lowest BCUT2D eigenvalue weighted by Gasteiger charge is -2.16. The number of nitrogens with one attached hydrogen (secondary N) is 1. The average molecular weight is 174 g/mol. The van der Waals surface area contributed by atoms with E-state index in [1.54, 1.807) is 0 Å². The van der Waals surface area contributed by atoms with Crippen molar-refractivity contribution in [3.05, 3.63) is 0 Å². The molecule has 0 radical (unpaired) electrons. The second kappa shape index (κ2) is 4.04. The van der Waals surface area contributed by atoms with Gasteiger partial charge in [-0.1, -0.05) is 0 Å². The summed E-state index contributed by atoms with van der Waals surface area (Å²) in [4.78, 5) is 23.2. The minimum absolute atomic E-state index is 0.00116. The highest BCUT2D eigenvalue weighted by Crippen LogP contribution is 1.97. The maximum absolute atomic E-state index is 11.9. The zero-order chi connectivity index (χ0) is 8.97. The topological polar surface area (TPSA) is 49.4 Å². The largest absolute Gasteiger partial charge is 0.347 e. The first kappa shape index (κ1) is 8.96. The maximum Gasteiger partial charge on any atom is 0.242 e. The van der Waals surface area contributed by atoms with Gasteiger partial charge in [0.05, 0.1) is 6.54 Å². The van der Waals surface area contributed by atoms with E-state index in [1.165, 1.54) is 4.90 Å². The van der Waals surface area contributed by atoms with Gasteiger partial charge in [0.15, 0.2) is 0 Å². The Hall–Kier alpha value is -1.13. The SMILES string of the molecule is O=C1CCN(CCF)C(=O)CN1. The van der Waals surface area contributed by atoms with Crippen molar-refractivity contribution in [2.45, 2.75) is 6.42 Å². The van der Waals surface area contributed by atoms with Crippen LogP contribution in [0.25, 0.3) is 0 Å². The first-order chi connectivity index (χ1) is 5.74. The normalized spacial score (nSPS) is 18.9. The molecule has 0 unspecified atom stereocenters. The van der Waals surface area contributed by atoms with Gasteiger partial charge in [-0.3, -0.25) is 9.59 Å². The zero-order valence-corrected chi connectivity index (χ0v) is 6.68. The molecule has 12 heavy (non-hydrogen) atoms. The van der Waals surface area contributed by atoms with E-state index in [4.69, 9.17) is 0 Å². The monoisotopic (exact) mass is 174 g/mol. The van der Waals surface area contributed by atoms with Crippen molar-refractivity contribution in [1.29, 1.82) is 0 Å². The summed E-state index contributed by atoms with van der Waals surface area (Å²) in [7, 11) is 0. The van der Waals surface area contributed by atoms with Crippen LogP contribution in [0.3, 0.4) is 0 Å². The third kappa shape index (κ3) is 2.18. The molecule has 1 fully saturated rings. The zero-order valence-electron chi connectivity index (χ0n) is 6.68. The highest BCUT2D eigenvalue weighted by atomic mass is 19.1. The number of amides is 2. The highest BCUT2D eigenvalue weighted by Gasteiger charge is 2.18. The van der Waals surface area contributed by atoms with Crippen LogP contribution in [0, 0.1) is 0 Å². The van der Waals surface area contributed by atoms with Crippen molar-refractivity contribution in [2.75, 3.05) is 26.3 Å². The summed E-state index contributed by atoms with van der Waals surface area (Å²) in [5, 5.41) is 2.43. The fourth-order valence-corrected chi connectivity index (χ4v) is 1.07. The van der Waals surface area contributed by atoms with E-state index in [0.29, 0.717) is 6.54 Å². The van der Waals surface area contributed by atoms with Crippen LogP contribution >= 0.6 is 0 Å². The Morgan fingerprint density at radius 2 is 2.25 bits per heavy atom. The molecule has 1 saturated heterocycles. The number of hydrogen-bond acceptors (Lipinski definition) is 2. The van der Waals surface area contributed by atoms with E-state index in [2.05, 4.69) is 5.32 Å².